The highest BCUT2D eigenvalue weighted by atomic mass is 16.1. The lowest BCUT2D eigenvalue weighted by molar-refractivity contribution is 1.02. The summed E-state index contributed by atoms with van der Waals surface area (Å²) >= 11 is 0. The van der Waals surface area contributed by atoms with E-state index in [2.05, 4.69) is 16.3 Å². The Morgan fingerprint density at radius 1 is 1.15 bits per heavy atom. The summed E-state index contributed by atoms with van der Waals surface area (Å²) in [5, 5.41) is 16.8. The van der Waals surface area contributed by atoms with Gasteiger partial charge in [0.2, 0.25) is 0 Å². The van der Waals surface area contributed by atoms with E-state index in [0.717, 1.165) is 11.1 Å². The Morgan fingerprint density at radius 3 is 2.60 bits per heavy atom. The first-order valence-electron chi connectivity index (χ1n) is 6.19. The van der Waals surface area contributed by atoms with Crippen LogP contribution in [0.2, 0.25) is 0 Å². The number of nitrogens with zero attached hydrogens (tertiary/aromatic N) is 2. The molecule has 2 aromatic carbocycles. The Morgan fingerprint density at radius 2 is 1.90 bits per heavy atom. The third kappa shape index (κ3) is 1.86. The molecule has 0 aliphatic carbocycles. The molecule has 4 heteroatoms. The Bertz CT molecular complexity index is 886. The number of aryl methyl sites for hydroxylation is 1. The number of benzene rings is 2. The van der Waals surface area contributed by atoms with Crippen molar-refractivity contribution in [3.05, 3.63) is 63.9 Å². The van der Waals surface area contributed by atoms with Crippen LogP contribution in [0.15, 0.2) is 47.3 Å². The van der Waals surface area contributed by atoms with Gasteiger partial charge in [-0.25, -0.2) is 5.10 Å². The van der Waals surface area contributed by atoms with Crippen molar-refractivity contribution in [2.24, 2.45) is 0 Å². The Balaban J connectivity index is 2.39. The van der Waals surface area contributed by atoms with E-state index in [-0.39, 0.29) is 5.56 Å². The van der Waals surface area contributed by atoms with E-state index in [9.17, 15) is 4.79 Å². The number of nitriles is 1. The smallest absolute Gasteiger partial charge is 0.267 e. The molecular formula is C16H11N3O. The molecule has 0 aliphatic rings. The Hall–Kier alpha value is -2.93. The molecule has 1 aromatic heterocycles. The van der Waals surface area contributed by atoms with Gasteiger partial charge >= 0.3 is 0 Å². The fourth-order valence-electron chi connectivity index (χ4n) is 2.24. The second-order valence-corrected chi connectivity index (χ2v) is 4.61. The molecule has 4 nitrogen and oxygen atoms in total. The van der Waals surface area contributed by atoms with Crippen LogP contribution in [0.4, 0.5) is 0 Å². The molecule has 0 saturated carbocycles. The van der Waals surface area contributed by atoms with Gasteiger partial charge in [0.05, 0.1) is 22.7 Å². The average molecular weight is 261 g/mol. The number of aromatic amines is 1. The fraction of sp³-hybridized carbons (Fsp3) is 0.0625. The van der Waals surface area contributed by atoms with Gasteiger partial charge in [-0.2, -0.15) is 10.4 Å². The molecule has 96 valence electrons. The predicted molar refractivity (Wildman–Crippen MR) is 77.3 cm³/mol. The molecule has 0 amide bonds. The van der Waals surface area contributed by atoms with Gasteiger partial charge < -0.3 is 0 Å². The SMILES string of the molecule is Cc1ccc(-c2n[nH]c(=O)c3c(C#N)cccc23)cc1. The molecular weight excluding hydrogens is 250 g/mol. The maximum Gasteiger partial charge on any atom is 0.273 e. The summed E-state index contributed by atoms with van der Waals surface area (Å²) in [6, 6.07) is 15.1. The van der Waals surface area contributed by atoms with Gasteiger partial charge in [-0.3, -0.25) is 4.79 Å². The van der Waals surface area contributed by atoms with Crippen LogP contribution in [-0.4, -0.2) is 10.2 Å². The van der Waals surface area contributed by atoms with Crippen LogP contribution in [0.1, 0.15) is 11.1 Å². The van der Waals surface area contributed by atoms with Gasteiger partial charge in [0, 0.05) is 10.9 Å². The van der Waals surface area contributed by atoms with Crippen molar-refractivity contribution in [1.29, 1.82) is 5.26 Å². The first kappa shape index (κ1) is 12.1. The molecule has 0 spiro atoms. The maximum absolute atomic E-state index is 11.9. The lowest BCUT2D eigenvalue weighted by atomic mass is 10.0. The highest BCUT2D eigenvalue weighted by Gasteiger charge is 2.11. The Kier molecular flexibility index (Phi) is 2.81. The zero-order valence-corrected chi connectivity index (χ0v) is 10.8. The van der Waals surface area contributed by atoms with Crippen LogP contribution in [0, 0.1) is 18.3 Å². The second-order valence-electron chi connectivity index (χ2n) is 4.61. The minimum atomic E-state index is -0.340. The third-order valence-electron chi connectivity index (χ3n) is 3.26. The standard InChI is InChI=1S/C16H11N3O/c1-10-5-7-11(8-6-10)15-13-4-2-3-12(9-17)14(13)16(20)19-18-15/h2-8H,1H3,(H,19,20). The molecule has 3 rings (SSSR count). The van der Waals surface area contributed by atoms with E-state index in [1.165, 1.54) is 0 Å². The molecule has 20 heavy (non-hydrogen) atoms. The first-order valence-corrected chi connectivity index (χ1v) is 6.19. The third-order valence-corrected chi connectivity index (χ3v) is 3.26. The topological polar surface area (TPSA) is 69.5 Å². The summed E-state index contributed by atoms with van der Waals surface area (Å²) in [6.07, 6.45) is 0. The zero-order valence-electron chi connectivity index (χ0n) is 10.8. The maximum atomic E-state index is 11.9. The van der Waals surface area contributed by atoms with Crippen molar-refractivity contribution in [2.45, 2.75) is 6.92 Å². The quantitative estimate of drug-likeness (QED) is 0.732. The van der Waals surface area contributed by atoms with Crippen LogP contribution in [-0.2, 0) is 0 Å². The van der Waals surface area contributed by atoms with Crippen LogP contribution in [0.5, 0.6) is 0 Å². The minimum absolute atomic E-state index is 0.340. The minimum Gasteiger partial charge on any atom is -0.267 e. The summed E-state index contributed by atoms with van der Waals surface area (Å²) < 4.78 is 0. The van der Waals surface area contributed by atoms with Crippen LogP contribution in [0.25, 0.3) is 22.0 Å². The van der Waals surface area contributed by atoms with E-state index in [1.807, 2.05) is 37.3 Å². The first-order chi connectivity index (χ1) is 9.70. The number of nitrogens with one attached hydrogen (secondary N) is 1. The molecule has 0 atom stereocenters. The zero-order chi connectivity index (χ0) is 14.1. The van der Waals surface area contributed by atoms with Crippen molar-refractivity contribution >= 4 is 10.8 Å². The molecule has 1 N–H and O–H groups in total. The molecule has 3 aromatic rings. The lowest BCUT2D eigenvalue weighted by Crippen LogP contribution is -2.10. The lowest BCUT2D eigenvalue weighted by Gasteiger charge is -2.06. The van der Waals surface area contributed by atoms with Crippen molar-refractivity contribution in [3.63, 3.8) is 0 Å². The fourth-order valence-corrected chi connectivity index (χ4v) is 2.24. The number of rotatable bonds is 1. The molecule has 0 radical (unpaired) electrons. The summed E-state index contributed by atoms with van der Waals surface area (Å²) in [5.74, 6) is 0. The summed E-state index contributed by atoms with van der Waals surface area (Å²) in [7, 11) is 0. The Labute approximate surface area is 115 Å². The molecule has 0 bridgehead atoms. The van der Waals surface area contributed by atoms with Crippen LogP contribution in [0.3, 0.4) is 0 Å². The van der Waals surface area contributed by atoms with E-state index < -0.39 is 0 Å². The summed E-state index contributed by atoms with van der Waals surface area (Å²) in [6.45, 7) is 2.01. The molecule has 0 saturated heterocycles. The largest absolute Gasteiger partial charge is 0.273 e. The van der Waals surface area contributed by atoms with Crippen molar-refractivity contribution < 1.29 is 0 Å². The highest BCUT2D eigenvalue weighted by Crippen LogP contribution is 2.25. The van der Waals surface area contributed by atoms with Crippen molar-refractivity contribution in [1.82, 2.24) is 10.2 Å². The van der Waals surface area contributed by atoms with Crippen molar-refractivity contribution in [2.75, 3.05) is 0 Å². The van der Waals surface area contributed by atoms with Gasteiger partial charge in [0.25, 0.3) is 5.56 Å². The number of fused-ring (bicyclic) bond motifs is 1. The van der Waals surface area contributed by atoms with Gasteiger partial charge in [0.1, 0.15) is 0 Å². The monoisotopic (exact) mass is 261 g/mol. The highest BCUT2D eigenvalue weighted by molar-refractivity contribution is 5.96. The average Bonchev–Trinajstić information content (AvgIpc) is 2.48. The summed E-state index contributed by atoms with van der Waals surface area (Å²) in [4.78, 5) is 11.9. The number of aromatic nitrogens is 2. The van der Waals surface area contributed by atoms with Crippen LogP contribution < -0.4 is 5.56 Å². The molecule has 0 unspecified atom stereocenters. The van der Waals surface area contributed by atoms with Gasteiger partial charge in [-0.15, -0.1) is 0 Å². The van der Waals surface area contributed by atoms with Crippen molar-refractivity contribution in [3.8, 4) is 17.3 Å². The van der Waals surface area contributed by atoms with E-state index in [4.69, 9.17) is 5.26 Å². The van der Waals surface area contributed by atoms with Gasteiger partial charge in [-0.05, 0) is 13.0 Å². The molecule has 0 aliphatic heterocycles. The van der Waals surface area contributed by atoms with E-state index in [0.29, 0.717) is 22.0 Å². The van der Waals surface area contributed by atoms with E-state index >= 15 is 0 Å². The van der Waals surface area contributed by atoms with E-state index in [1.54, 1.807) is 12.1 Å². The van der Waals surface area contributed by atoms with Gasteiger partial charge in [0.15, 0.2) is 0 Å². The molecule has 1 heterocycles. The number of hydrogen-bond acceptors (Lipinski definition) is 3. The van der Waals surface area contributed by atoms with Gasteiger partial charge in [-0.1, -0.05) is 42.0 Å². The number of H-pyrrole nitrogens is 1. The van der Waals surface area contributed by atoms with Crippen LogP contribution >= 0.6 is 0 Å². The number of hydrogen-bond donors (Lipinski definition) is 1. The second kappa shape index (κ2) is 4.63. The predicted octanol–water partition coefficient (Wildman–Crippen LogP) is 2.77. The summed E-state index contributed by atoms with van der Waals surface area (Å²) in [5.41, 5.74) is 2.76. The normalized spacial score (nSPS) is 10.4. The molecule has 0 fully saturated rings.